The van der Waals surface area contributed by atoms with Crippen LogP contribution in [0.1, 0.15) is 39.0 Å². The van der Waals surface area contributed by atoms with Gasteiger partial charge in [0.25, 0.3) is 0 Å². The Kier molecular flexibility index (Phi) is 23.8. The fourth-order valence-electron chi connectivity index (χ4n) is 2.15. The van der Waals surface area contributed by atoms with Crippen LogP contribution in [0.25, 0.3) is 0 Å². The number of hydrogen-bond acceptors (Lipinski definition) is 8. The Balaban J connectivity index is 3.08. The molecule has 8 heteroatoms. The Bertz CT molecular complexity index is 352. The van der Waals surface area contributed by atoms with E-state index in [0.29, 0.717) is 85.7 Å². The third kappa shape index (κ3) is 24.8. The Hall–Kier alpha value is -1.19. The Morgan fingerprint density at radius 2 is 1.10 bits per heavy atom. The quantitative estimate of drug-likeness (QED) is 0.134. The van der Waals surface area contributed by atoms with Crippen molar-refractivity contribution in [3.8, 4) is 0 Å². The zero-order valence-electron chi connectivity index (χ0n) is 18.1. The molecule has 0 saturated carbocycles. The molecule has 0 saturated heterocycles. The van der Waals surface area contributed by atoms with E-state index in [4.69, 9.17) is 33.2 Å². The average Bonchev–Trinajstić information content (AvgIpc) is 2.73. The van der Waals surface area contributed by atoms with Gasteiger partial charge in [0.2, 0.25) is 0 Å². The van der Waals surface area contributed by atoms with Crippen LogP contribution in [0.2, 0.25) is 0 Å². The van der Waals surface area contributed by atoms with Crippen LogP contribution in [0.5, 0.6) is 0 Å². The lowest BCUT2D eigenvalue weighted by Gasteiger charge is -2.08. The number of esters is 1. The van der Waals surface area contributed by atoms with E-state index in [2.05, 4.69) is 13.5 Å². The molecule has 29 heavy (non-hydrogen) atoms. The molecule has 0 heterocycles. The topological polar surface area (TPSA) is 81.7 Å². The smallest absolute Gasteiger partial charge is 0.305 e. The van der Waals surface area contributed by atoms with Gasteiger partial charge in [-0.15, -0.1) is 0 Å². The molecule has 0 unspecified atom stereocenters. The van der Waals surface area contributed by atoms with Crippen molar-refractivity contribution in [2.24, 2.45) is 0 Å². The van der Waals surface area contributed by atoms with Gasteiger partial charge in [0, 0.05) is 6.42 Å². The maximum Gasteiger partial charge on any atom is 0.305 e. The summed E-state index contributed by atoms with van der Waals surface area (Å²) in [5.41, 5.74) is 0. The minimum Gasteiger partial charge on any atom is -0.499 e. The minimum atomic E-state index is -0.146. The van der Waals surface area contributed by atoms with Crippen molar-refractivity contribution in [3.05, 3.63) is 12.8 Å². The first kappa shape index (κ1) is 27.8. The van der Waals surface area contributed by atoms with Gasteiger partial charge in [-0.2, -0.15) is 0 Å². The maximum absolute atomic E-state index is 11.4. The van der Waals surface area contributed by atoms with E-state index < -0.39 is 0 Å². The van der Waals surface area contributed by atoms with E-state index in [1.165, 1.54) is 6.26 Å². The second-order valence-electron chi connectivity index (χ2n) is 6.13. The molecule has 0 rings (SSSR count). The number of carbonyl (C=O) groups is 1. The highest BCUT2D eigenvalue weighted by Crippen LogP contribution is 2.03. The second kappa shape index (κ2) is 24.8. The summed E-state index contributed by atoms with van der Waals surface area (Å²) in [6.45, 7) is 11.4. The number of ether oxygens (including phenoxy) is 7. The van der Waals surface area contributed by atoms with Gasteiger partial charge in [-0.1, -0.05) is 32.8 Å². The van der Waals surface area contributed by atoms with E-state index in [9.17, 15) is 4.79 Å². The highest BCUT2D eigenvalue weighted by Gasteiger charge is 2.02. The Morgan fingerprint density at radius 3 is 1.55 bits per heavy atom. The predicted molar refractivity (Wildman–Crippen MR) is 110 cm³/mol. The van der Waals surface area contributed by atoms with Crippen molar-refractivity contribution in [2.45, 2.75) is 39.0 Å². The van der Waals surface area contributed by atoms with Crippen molar-refractivity contribution in [2.75, 3.05) is 79.3 Å². The monoisotopic (exact) mass is 420 g/mol. The first-order chi connectivity index (χ1) is 14.3. The summed E-state index contributed by atoms with van der Waals surface area (Å²) in [6, 6.07) is 0. The summed E-state index contributed by atoms with van der Waals surface area (Å²) in [5, 5.41) is 0. The fourth-order valence-corrected chi connectivity index (χ4v) is 2.15. The van der Waals surface area contributed by atoms with Crippen molar-refractivity contribution in [1.29, 1.82) is 0 Å². The molecule has 0 aliphatic heterocycles. The lowest BCUT2D eigenvalue weighted by atomic mass is 10.2. The third-order valence-corrected chi connectivity index (χ3v) is 3.68. The van der Waals surface area contributed by atoms with Crippen LogP contribution in [-0.2, 0) is 38.0 Å². The number of hydrogen-bond donors (Lipinski definition) is 0. The lowest BCUT2D eigenvalue weighted by molar-refractivity contribution is -0.145. The highest BCUT2D eigenvalue weighted by molar-refractivity contribution is 5.69. The molecule has 0 aliphatic rings. The molecule has 0 aromatic rings. The van der Waals surface area contributed by atoms with Crippen molar-refractivity contribution in [1.82, 2.24) is 0 Å². The highest BCUT2D eigenvalue weighted by atomic mass is 16.6. The van der Waals surface area contributed by atoms with Crippen LogP contribution in [0.15, 0.2) is 12.8 Å². The molecule has 0 aliphatic carbocycles. The summed E-state index contributed by atoms with van der Waals surface area (Å²) >= 11 is 0. The Labute approximate surface area is 175 Å². The number of unbranched alkanes of at least 4 members (excludes halogenated alkanes) is 3. The lowest BCUT2D eigenvalue weighted by Crippen LogP contribution is -2.15. The molecule has 172 valence electrons. The largest absolute Gasteiger partial charge is 0.499 e. The van der Waals surface area contributed by atoms with Gasteiger partial charge < -0.3 is 33.2 Å². The minimum absolute atomic E-state index is 0.146. The molecular formula is C21H40O8. The van der Waals surface area contributed by atoms with E-state index in [0.717, 1.165) is 25.7 Å². The van der Waals surface area contributed by atoms with Gasteiger partial charge in [-0.05, 0) is 6.42 Å². The van der Waals surface area contributed by atoms with Crippen LogP contribution in [0.3, 0.4) is 0 Å². The molecule has 0 bridgehead atoms. The summed E-state index contributed by atoms with van der Waals surface area (Å²) in [4.78, 5) is 11.4. The fraction of sp³-hybridized carbons (Fsp3) is 0.857. The zero-order valence-corrected chi connectivity index (χ0v) is 18.1. The van der Waals surface area contributed by atoms with Gasteiger partial charge in [-0.3, -0.25) is 4.79 Å². The molecule has 0 aromatic carbocycles. The van der Waals surface area contributed by atoms with Gasteiger partial charge in [0.1, 0.15) is 13.2 Å². The van der Waals surface area contributed by atoms with Gasteiger partial charge >= 0.3 is 5.97 Å². The maximum atomic E-state index is 11.4. The number of rotatable bonds is 24. The van der Waals surface area contributed by atoms with Crippen LogP contribution in [-0.4, -0.2) is 85.3 Å². The molecule has 0 radical (unpaired) electrons. The molecule has 0 amide bonds. The molecule has 0 fully saturated rings. The van der Waals surface area contributed by atoms with Crippen molar-refractivity contribution < 1.29 is 38.0 Å². The summed E-state index contributed by atoms with van der Waals surface area (Å²) < 4.78 is 36.8. The first-order valence-corrected chi connectivity index (χ1v) is 10.6. The van der Waals surface area contributed by atoms with Crippen LogP contribution in [0.4, 0.5) is 0 Å². The SMILES string of the molecule is C=COCCOCCOCCOCCOCCOCCOC(=O)CCCCCC. The standard InChI is InChI=1S/C21H40O8/c1-3-5-6-7-8-21(22)29-20-19-28-18-17-27-16-15-26-14-13-25-12-11-24-10-9-23-4-2/h4H,2-3,5-20H2,1H3. The average molecular weight is 421 g/mol. The number of carbonyl (C=O) groups excluding carboxylic acids is 1. The van der Waals surface area contributed by atoms with Crippen LogP contribution >= 0.6 is 0 Å². The molecule has 8 nitrogen and oxygen atoms in total. The molecule has 0 aromatic heterocycles. The molecule has 0 spiro atoms. The molecule has 0 atom stereocenters. The van der Waals surface area contributed by atoms with E-state index in [1.807, 2.05) is 0 Å². The predicted octanol–water partition coefficient (Wildman–Crippen LogP) is 2.74. The molecular weight excluding hydrogens is 380 g/mol. The van der Waals surface area contributed by atoms with Gasteiger partial charge in [0.05, 0.1) is 72.3 Å². The van der Waals surface area contributed by atoms with E-state index in [-0.39, 0.29) is 5.97 Å². The van der Waals surface area contributed by atoms with Crippen molar-refractivity contribution >= 4 is 5.97 Å². The summed E-state index contributed by atoms with van der Waals surface area (Å²) in [7, 11) is 0. The first-order valence-electron chi connectivity index (χ1n) is 10.6. The van der Waals surface area contributed by atoms with Crippen molar-refractivity contribution in [3.63, 3.8) is 0 Å². The van der Waals surface area contributed by atoms with Gasteiger partial charge in [0.15, 0.2) is 0 Å². The zero-order chi connectivity index (χ0) is 21.3. The summed E-state index contributed by atoms with van der Waals surface area (Å²) in [6.07, 6.45) is 6.19. The van der Waals surface area contributed by atoms with E-state index in [1.54, 1.807) is 0 Å². The molecule has 0 N–H and O–H groups in total. The normalized spacial score (nSPS) is 10.8. The van der Waals surface area contributed by atoms with E-state index >= 15 is 0 Å². The van der Waals surface area contributed by atoms with Crippen LogP contribution < -0.4 is 0 Å². The summed E-state index contributed by atoms with van der Waals surface area (Å²) in [5.74, 6) is -0.146. The van der Waals surface area contributed by atoms with Crippen LogP contribution in [0, 0.1) is 0 Å². The van der Waals surface area contributed by atoms with Gasteiger partial charge in [-0.25, -0.2) is 0 Å². The third-order valence-electron chi connectivity index (χ3n) is 3.68. The second-order valence-corrected chi connectivity index (χ2v) is 6.13. The Morgan fingerprint density at radius 1 is 0.655 bits per heavy atom.